The number of methoxy groups -OCH3 is 1. The summed E-state index contributed by atoms with van der Waals surface area (Å²) >= 11 is 3.44. The Morgan fingerprint density at radius 1 is 1.44 bits per heavy atom. The fourth-order valence-electron chi connectivity index (χ4n) is 2.05. The van der Waals surface area contributed by atoms with Gasteiger partial charge in [0.05, 0.1) is 24.3 Å². The molecule has 0 aliphatic carbocycles. The van der Waals surface area contributed by atoms with E-state index in [1.54, 1.807) is 18.0 Å². The van der Waals surface area contributed by atoms with Gasteiger partial charge in [-0.2, -0.15) is 0 Å². The normalized spacial score (nSPS) is 10.3. The number of guanidine groups is 1. The predicted octanol–water partition coefficient (Wildman–Crippen LogP) is 0.491. The topological polar surface area (TPSA) is 133 Å². The predicted molar refractivity (Wildman–Crippen MR) is 97.4 cm³/mol. The molecule has 1 heterocycles. The smallest absolute Gasteiger partial charge is 0.273 e. The van der Waals surface area contributed by atoms with E-state index in [1.165, 1.54) is 0 Å². The van der Waals surface area contributed by atoms with Crippen LogP contribution in [0.4, 0.5) is 0 Å². The maximum atomic E-state index is 12.0. The maximum Gasteiger partial charge on any atom is 0.273 e. The van der Waals surface area contributed by atoms with Crippen LogP contribution in [0.15, 0.2) is 33.9 Å². The van der Waals surface area contributed by atoms with Crippen LogP contribution in [0.3, 0.4) is 0 Å². The average Bonchev–Trinajstić information content (AvgIpc) is 3.03. The first-order valence-electron chi connectivity index (χ1n) is 7.55. The van der Waals surface area contributed by atoms with Crippen molar-refractivity contribution in [3.8, 4) is 5.75 Å². The number of halogens is 1. The van der Waals surface area contributed by atoms with Gasteiger partial charge in [-0.05, 0) is 40.0 Å². The van der Waals surface area contributed by atoms with Crippen molar-refractivity contribution in [3.05, 3.63) is 40.1 Å². The lowest BCUT2D eigenvalue weighted by molar-refractivity contribution is 0.0948. The van der Waals surface area contributed by atoms with Crippen molar-refractivity contribution < 1.29 is 9.53 Å². The molecule has 0 saturated heterocycles. The Morgan fingerprint density at radius 3 is 2.92 bits per heavy atom. The Kier molecular flexibility index (Phi) is 6.75. The third-order valence-electron chi connectivity index (χ3n) is 3.25. The molecule has 0 radical (unpaired) electrons. The van der Waals surface area contributed by atoms with Crippen LogP contribution in [0.2, 0.25) is 0 Å². The van der Waals surface area contributed by atoms with E-state index >= 15 is 0 Å². The quantitative estimate of drug-likeness (QED) is 0.330. The first kappa shape index (κ1) is 18.7. The van der Waals surface area contributed by atoms with Crippen LogP contribution in [0.5, 0.6) is 5.75 Å². The zero-order valence-corrected chi connectivity index (χ0v) is 15.4. The van der Waals surface area contributed by atoms with Gasteiger partial charge in [-0.25, -0.2) is 4.68 Å². The second kappa shape index (κ2) is 9.02. The Balaban J connectivity index is 1.87. The van der Waals surface area contributed by atoms with Gasteiger partial charge in [0.15, 0.2) is 11.7 Å². The molecular weight excluding hydrogens is 390 g/mol. The van der Waals surface area contributed by atoms with Gasteiger partial charge >= 0.3 is 0 Å². The molecule has 134 valence electrons. The van der Waals surface area contributed by atoms with Gasteiger partial charge in [0.2, 0.25) is 0 Å². The molecule has 0 bridgehead atoms. The van der Waals surface area contributed by atoms with Crippen LogP contribution in [-0.2, 0) is 6.54 Å². The summed E-state index contributed by atoms with van der Waals surface area (Å²) in [7, 11) is 1.61. The highest BCUT2D eigenvalue weighted by molar-refractivity contribution is 9.10. The number of nitrogens with two attached hydrogens (primary N) is 2. The van der Waals surface area contributed by atoms with Crippen molar-refractivity contribution in [1.29, 1.82) is 0 Å². The molecule has 0 saturated carbocycles. The minimum Gasteiger partial charge on any atom is -0.496 e. The number of ether oxygens (including phenoxy) is 1. The number of carbonyl (C=O) groups excluding carboxylic acids is 1. The number of hydrogen-bond donors (Lipinski definition) is 3. The highest BCUT2D eigenvalue weighted by atomic mass is 79.9. The van der Waals surface area contributed by atoms with Crippen molar-refractivity contribution in [3.63, 3.8) is 0 Å². The number of amides is 1. The van der Waals surface area contributed by atoms with E-state index < -0.39 is 0 Å². The van der Waals surface area contributed by atoms with E-state index in [4.69, 9.17) is 16.2 Å². The summed E-state index contributed by atoms with van der Waals surface area (Å²) in [6, 6.07) is 5.72. The molecule has 2 rings (SSSR count). The van der Waals surface area contributed by atoms with Crippen LogP contribution in [-0.4, -0.2) is 47.1 Å². The first-order valence-corrected chi connectivity index (χ1v) is 8.35. The molecule has 25 heavy (non-hydrogen) atoms. The third-order valence-corrected chi connectivity index (χ3v) is 3.87. The van der Waals surface area contributed by atoms with Crippen LogP contribution < -0.4 is 21.5 Å². The lowest BCUT2D eigenvalue weighted by atomic mass is 10.2. The summed E-state index contributed by atoms with van der Waals surface area (Å²) in [5, 5.41) is 10.6. The molecule has 2 aromatic rings. The van der Waals surface area contributed by atoms with Crippen molar-refractivity contribution in [2.24, 2.45) is 16.5 Å². The van der Waals surface area contributed by atoms with Gasteiger partial charge in [-0.15, -0.1) is 5.10 Å². The number of nitrogens with zero attached hydrogens (tertiary/aromatic N) is 4. The molecule has 0 fully saturated rings. The number of nitrogens with one attached hydrogen (secondary N) is 1. The second-order valence-electron chi connectivity index (χ2n) is 5.19. The van der Waals surface area contributed by atoms with Gasteiger partial charge < -0.3 is 21.5 Å². The molecule has 0 atom stereocenters. The van der Waals surface area contributed by atoms with Crippen LogP contribution in [0, 0.1) is 0 Å². The number of carbonyl (C=O) groups is 1. The number of aliphatic imine (C=N–C) groups is 1. The fourth-order valence-corrected chi connectivity index (χ4v) is 2.64. The molecule has 0 aliphatic rings. The summed E-state index contributed by atoms with van der Waals surface area (Å²) in [6.07, 6.45) is 2.24. The zero-order chi connectivity index (χ0) is 18.2. The zero-order valence-electron chi connectivity index (χ0n) is 13.8. The summed E-state index contributed by atoms with van der Waals surface area (Å²) in [4.78, 5) is 15.8. The van der Waals surface area contributed by atoms with E-state index in [-0.39, 0.29) is 17.6 Å². The van der Waals surface area contributed by atoms with E-state index in [0.29, 0.717) is 26.1 Å². The Bertz CT molecular complexity index is 756. The SMILES string of the molecule is COc1ccc(Cn2cc(C(=O)NCCCN=C(N)N)nn2)cc1Br. The van der Waals surface area contributed by atoms with E-state index in [0.717, 1.165) is 15.8 Å². The molecule has 1 aromatic carbocycles. The monoisotopic (exact) mass is 409 g/mol. The summed E-state index contributed by atoms with van der Waals surface area (Å²) in [5.74, 6) is 0.509. The molecule has 10 heteroatoms. The number of benzene rings is 1. The molecule has 9 nitrogen and oxygen atoms in total. The fraction of sp³-hybridized carbons (Fsp3) is 0.333. The van der Waals surface area contributed by atoms with Crippen molar-refractivity contribution >= 4 is 27.8 Å². The van der Waals surface area contributed by atoms with Gasteiger partial charge in [-0.1, -0.05) is 11.3 Å². The number of aromatic nitrogens is 3. The Labute approximate surface area is 153 Å². The average molecular weight is 410 g/mol. The van der Waals surface area contributed by atoms with Crippen molar-refractivity contribution in [1.82, 2.24) is 20.3 Å². The Hall–Kier alpha value is -2.62. The summed E-state index contributed by atoms with van der Waals surface area (Å²) in [5.41, 5.74) is 11.7. The Morgan fingerprint density at radius 2 is 2.24 bits per heavy atom. The summed E-state index contributed by atoms with van der Waals surface area (Å²) in [6.45, 7) is 1.41. The first-order chi connectivity index (χ1) is 12.0. The number of hydrogen-bond acceptors (Lipinski definition) is 5. The molecule has 0 unspecified atom stereocenters. The molecular formula is C15H20BrN7O2. The molecule has 1 aromatic heterocycles. The second-order valence-corrected chi connectivity index (χ2v) is 6.04. The van der Waals surface area contributed by atoms with Gasteiger partial charge in [0.25, 0.3) is 5.91 Å². The highest BCUT2D eigenvalue weighted by Gasteiger charge is 2.10. The van der Waals surface area contributed by atoms with E-state index in [9.17, 15) is 4.79 Å². The molecule has 1 amide bonds. The minimum absolute atomic E-state index is 0.0411. The molecule has 0 spiro atoms. The lowest BCUT2D eigenvalue weighted by Crippen LogP contribution is -2.26. The third kappa shape index (κ3) is 5.75. The largest absolute Gasteiger partial charge is 0.496 e. The minimum atomic E-state index is -0.285. The molecule has 0 aliphatic heterocycles. The van der Waals surface area contributed by atoms with Gasteiger partial charge in [0.1, 0.15) is 5.75 Å². The lowest BCUT2D eigenvalue weighted by Gasteiger charge is -2.06. The van der Waals surface area contributed by atoms with Crippen LogP contribution in [0.1, 0.15) is 22.5 Å². The van der Waals surface area contributed by atoms with Crippen molar-refractivity contribution in [2.75, 3.05) is 20.2 Å². The standard InChI is InChI=1S/C15H20BrN7O2/c1-25-13-4-3-10(7-11(13)16)8-23-9-12(21-22-23)14(24)19-5-2-6-20-15(17)18/h3-4,7,9H,2,5-6,8H2,1H3,(H,19,24)(H4,17,18,20). The number of rotatable bonds is 8. The van der Waals surface area contributed by atoms with E-state index in [1.807, 2.05) is 18.2 Å². The van der Waals surface area contributed by atoms with Gasteiger partial charge in [0, 0.05) is 13.1 Å². The van der Waals surface area contributed by atoms with E-state index in [2.05, 4.69) is 36.6 Å². The van der Waals surface area contributed by atoms with Crippen LogP contribution >= 0.6 is 15.9 Å². The summed E-state index contributed by atoms with van der Waals surface area (Å²) < 4.78 is 7.65. The maximum absolute atomic E-state index is 12.0. The van der Waals surface area contributed by atoms with Gasteiger partial charge in [-0.3, -0.25) is 9.79 Å². The molecule has 5 N–H and O–H groups in total. The van der Waals surface area contributed by atoms with Crippen molar-refractivity contribution in [2.45, 2.75) is 13.0 Å². The van der Waals surface area contributed by atoms with Crippen LogP contribution in [0.25, 0.3) is 0 Å². The highest BCUT2D eigenvalue weighted by Crippen LogP contribution is 2.25.